The number of hydrogen-bond donors (Lipinski definition) is 37. The number of aliphatic carboxylic acids is 16. The number of nitrogens with one attached hydrogen (secondary N) is 1. The fourth-order valence-electron chi connectivity index (χ4n) is 4.30. The largest absolute Gasteiger partial charge is 0.481 e. The fraction of sp³-hybridized carbons (Fsp3) is 0.651. The summed E-state index contributed by atoms with van der Waals surface area (Å²) in [5.41, 5.74) is 89.1. The number of carbonyl (C=O) groups excluding carboxylic acids is 3. The Morgan fingerprint density at radius 1 is 0.347 bits per heavy atom. The Morgan fingerprint density at radius 3 is 0.711 bits per heavy atom. The number of nitrogens with zero attached hydrogens (tertiary/aromatic N) is 1. The Labute approximate surface area is 697 Å². The SMILES string of the molecule is CC(C)C[C@H](N)C(=O)O.CC(C)C[C@H](N)C(=O)O.CC(C)[C@H](N)C(=O)O.CSCC[C@H](N)C(=O)O.C[C@@H](O)[C@H](N)C(=O)O.C[C@@H](O)[C@H](N)C(=O)O.C[C@H](N)C(=O)O.C[C@H](N)C(=O)O.NC(=O)CC[C@H](N)C(=O)O.NC(=O)C[C@H](N)C(=O)O.NC(=O)C[C@H](N)C(=O)O.NCC(=O)O.NCC(=O)O.N[C@@H](CC(=O)O)C(=O)O.N[C@@H](Cc1c[nH]cn1)C(=O)O. The quantitative estimate of drug-likeness (QED) is 0.0297. The Morgan fingerprint density at radius 2 is 0.595 bits per heavy atom. The average Bonchev–Trinajstić information content (AvgIpc) is 1.82. The van der Waals surface area contributed by atoms with Crippen molar-refractivity contribution in [3.63, 3.8) is 0 Å². The van der Waals surface area contributed by atoms with Gasteiger partial charge in [-0.25, -0.2) is 4.98 Å². The van der Waals surface area contributed by atoms with Crippen LogP contribution in [0.1, 0.15) is 126 Å². The molecule has 57 nitrogen and oxygen atoms in total. The van der Waals surface area contributed by atoms with E-state index in [4.69, 9.17) is 172 Å². The van der Waals surface area contributed by atoms with Crippen molar-refractivity contribution in [2.24, 2.45) is 121 Å². The van der Waals surface area contributed by atoms with Gasteiger partial charge in [0.25, 0.3) is 0 Å². The van der Waals surface area contributed by atoms with Gasteiger partial charge in [-0.15, -0.1) is 0 Å². The maximum absolute atomic E-state index is 10.3. The van der Waals surface area contributed by atoms with Gasteiger partial charge >= 0.3 is 95.5 Å². The number of carbonyl (C=O) groups is 19. The number of thioether (sulfide) groups is 1. The first-order valence-electron chi connectivity index (χ1n) is 34.1. The second-order valence-corrected chi connectivity index (χ2v) is 25.6. The number of imidazole rings is 1. The van der Waals surface area contributed by atoms with Gasteiger partial charge in [0, 0.05) is 19.0 Å². The van der Waals surface area contributed by atoms with Crippen LogP contribution in [0, 0.1) is 17.8 Å². The number of carboxylic acids is 16. The van der Waals surface area contributed by atoms with E-state index in [1.54, 1.807) is 31.8 Å². The molecule has 0 aliphatic rings. The number of hydrogen-bond acceptors (Lipinski definition) is 38. The lowest BCUT2D eigenvalue weighted by molar-refractivity contribution is -0.144. The lowest BCUT2D eigenvalue weighted by atomic mass is 10.1. The van der Waals surface area contributed by atoms with Crippen molar-refractivity contribution < 1.29 is 183 Å². The van der Waals surface area contributed by atoms with Crippen LogP contribution in [-0.4, -0.2) is 331 Å². The predicted molar refractivity (Wildman–Crippen MR) is 428 cm³/mol. The molecule has 0 aliphatic carbocycles. The summed E-state index contributed by atoms with van der Waals surface area (Å²) in [5.74, 6) is -17.3. The lowest BCUT2D eigenvalue weighted by Crippen LogP contribution is -2.39. The van der Waals surface area contributed by atoms with Crippen LogP contribution in [-0.2, 0) is 97.5 Å². The summed E-state index contributed by atoms with van der Waals surface area (Å²) in [5, 5.41) is 146. The number of aromatic amines is 1. The van der Waals surface area contributed by atoms with Crippen molar-refractivity contribution in [2.75, 3.05) is 25.1 Å². The molecule has 58 heteroatoms. The molecule has 0 spiro atoms. The number of H-pyrrole nitrogens is 1. The standard InChI is InChI=1S/C6H9N3O2.2C6H13NO2.C5H10N2O3.C5H11NO2S.C5H11NO2.2C4H8N2O3.C4H7NO4.2C4H9NO3.2C3H7NO2.2C2H5NO2/c7-5(6(10)11)1-4-2-8-3-9-4;2*1-4(2)3-5(7)6(8)9;6-3(5(9)10)1-2-4(7)8;1-9-3-2-4(6)5(7)8;1-3(2)4(6)5(7)8;3*5-2(4(8)9)1-3(6)7;2*1-2(6)3(5)4(7)8;2*1-2(4)3(5)6;2*3-1-2(4)5/h2-3,5H,1,7H2,(H,8,9)(H,10,11);2*4-5H,3,7H2,1-2H3,(H,8,9);3H,1-2,6H2,(H2,7,8)(H,9,10);4H,2-3,6H2,1H3,(H,7,8);3-4H,6H2,1-2H3,(H,7,8);2*2H,1,5H2,(H2,6,7)(H,8,9);2H,1,5H2,(H,6,7)(H,8,9);2*2-3,6H,5H2,1H3,(H,7,8);2*2H,4H2,1H3,(H,5,6);2*1,3H2,(H,4,5)/t3*5-;3-;2*4-;3*2-;2*2-,3+;2*2-;;/m0000000001100../s1. The first-order chi connectivity index (χ1) is 54.6. The van der Waals surface area contributed by atoms with E-state index in [9.17, 15) is 91.1 Å². The lowest BCUT2D eigenvalue weighted by Gasteiger charge is -2.07. The second-order valence-electron chi connectivity index (χ2n) is 24.6. The third-order valence-electron chi connectivity index (χ3n) is 11.3. The summed E-state index contributed by atoms with van der Waals surface area (Å²) in [7, 11) is 0. The number of aromatic nitrogens is 2. The Bertz CT molecular complexity index is 2880. The zero-order valence-electron chi connectivity index (χ0n) is 68.6. The van der Waals surface area contributed by atoms with E-state index < -0.39 is 210 Å². The average molecular weight is 1790 g/mol. The summed E-state index contributed by atoms with van der Waals surface area (Å²) < 4.78 is 0. The van der Waals surface area contributed by atoms with Gasteiger partial charge in [0.2, 0.25) is 17.7 Å². The molecule has 1 aromatic rings. The molecule has 1 rings (SSSR count). The number of primary amides is 3. The smallest absolute Gasteiger partial charge is 0.323 e. The van der Waals surface area contributed by atoms with Crippen LogP contribution in [0.2, 0.25) is 0 Å². The van der Waals surface area contributed by atoms with E-state index in [-0.39, 0.29) is 51.1 Å². The van der Waals surface area contributed by atoms with Gasteiger partial charge in [-0.05, 0) is 83.1 Å². The Balaban J connectivity index is -0.0000000848. The molecule has 0 saturated heterocycles. The molecule has 1 aromatic heterocycles. The Hall–Kier alpha value is -11.2. The van der Waals surface area contributed by atoms with E-state index in [2.05, 4.69) is 32.9 Å². The summed E-state index contributed by atoms with van der Waals surface area (Å²) >= 11 is 1.60. The van der Waals surface area contributed by atoms with Crippen molar-refractivity contribution in [3.8, 4) is 0 Å². The van der Waals surface area contributed by atoms with Crippen molar-refractivity contribution in [1.29, 1.82) is 0 Å². The number of rotatable bonds is 36. The van der Waals surface area contributed by atoms with E-state index in [0.717, 1.165) is 5.75 Å². The van der Waals surface area contributed by atoms with Crippen LogP contribution in [0.25, 0.3) is 0 Å². The number of carboxylic acid groups (broad SMARTS) is 16. The minimum atomic E-state index is -1.29. The van der Waals surface area contributed by atoms with E-state index in [0.29, 0.717) is 36.8 Å². The number of amides is 3. The summed E-state index contributed by atoms with van der Waals surface area (Å²) in [6, 6.07) is -12.0. The molecule has 0 aromatic carbocycles. The van der Waals surface area contributed by atoms with Gasteiger partial charge in [-0.1, -0.05) is 41.5 Å². The molecule has 0 radical (unpaired) electrons. The maximum atomic E-state index is 10.3. The van der Waals surface area contributed by atoms with Crippen LogP contribution in [0.3, 0.4) is 0 Å². The molecule has 0 aliphatic heterocycles. The predicted octanol–water partition coefficient (Wildman–Crippen LogP) is -11.0. The normalized spacial score (nSPS) is 13.2. The number of nitrogens with two attached hydrogens (primary N) is 18. The van der Waals surface area contributed by atoms with Gasteiger partial charge in [-0.2, -0.15) is 11.8 Å². The summed E-state index contributed by atoms with van der Waals surface area (Å²) in [4.78, 5) is 194. The molecular weight excluding hydrogens is 1660 g/mol. The van der Waals surface area contributed by atoms with Crippen LogP contribution >= 0.6 is 11.8 Å². The molecule has 121 heavy (non-hydrogen) atoms. The third kappa shape index (κ3) is 132. The molecule has 0 unspecified atom stereocenters. The molecular formula is C63H132N20O37S. The monoisotopic (exact) mass is 1790 g/mol. The minimum Gasteiger partial charge on any atom is -0.481 e. The second kappa shape index (κ2) is 88.1. The first kappa shape index (κ1) is 142. The maximum Gasteiger partial charge on any atom is 0.323 e. The van der Waals surface area contributed by atoms with Crippen LogP contribution in [0.5, 0.6) is 0 Å². The minimum absolute atomic E-state index is 0.0208. The van der Waals surface area contributed by atoms with Crippen molar-refractivity contribution in [1.82, 2.24) is 9.97 Å². The van der Waals surface area contributed by atoms with Gasteiger partial charge in [0.15, 0.2) is 0 Å². The summed E-state index contributed by atoms with van der Waals surface area (Å²) in [6.45, 7) is 16.3. The first-order valence-corrected chi connectivity index (χ1v) is 35.5. The molecule has 712 valence electrons. The molecule has 3 amide bonds. The van der Waals surface area contributed by atoms with Gasteiger partial charge in [-0.3, -0.25) is 91.1 Å². The van der Waals surface area contributed by atoms with Gasteiger partial charge < -0.3 is 200 Å². The molecule has 0 fully saturated rings. The van der Waals surface area contributed by atoms with Crippen LogP contribution < -0.4 is 103 Å². The molecule has 55 N–H and O–H groups in total. The highest BCUT2D eigenvalue weighted by atomic mass is 32.2. The zero-order chi connectivity index (χ0) is 100.0. The van der Waals surface area contributed by atoms with Crippen LogP contribution in [0.4, 0.5) is 0 Å². The molecule has 1 heterocycles. The van der Waals surface area contributed by atoms with Gasteiger partial charge in [0.1, 0.15) is 78.5 Å². The fourth-order valence-corrected chi connectivity index (χ4v) is 4.79. The van der Waals surface area contributed by atoms with Crippen molar-refractivity contribution in [2.45, 2.75) is 218 Å². The molecule has 0 bridgehead atoms. The number of aliphatic hydroxyl groups excluding tert-OH is 2. The summed E-state index contributed by atoms with van der Waals surface area (Å²) in [6.07, 6.45) is 3.97. The highest BCUT2D eigenvalue weighted by Gasteiger charge is 2.21. The topological polar surface area (TPSA) is 1190 Å². The number of aliphatic hydroxyl groups is 2. The zero-order valence-corrected chi connectivity index (χ0v) is 69.4. The van der Waals surface area contributed by atoms with E-state index >= 15 is 0 Å². The van der Waals surface area contributed by atoms with Crippen LogP contribution in [0.15, 0.2) is 12.5 Å². The highest BCUT2D eigenvalue weighted by Crippen LogP contribution is 2.04. The van der Waals surface area contributed by atoms with Gasteiger partial charge in [0.05, 0.1) is 56.6 Å². The molecule has 15 atom stereocenters. The highest BCUT2D eigenvalue weighted by molar-refractivity contribution is 7.98. The van der Waals surface area contributed by atoms with Crippen molar-refractivity contribution in [3.05, 3.63) is 18.2 Å². The van der Waals surface area contributed by atoms with E-state index in [1.807, 2.05) is 34.0 Å². The van der Waals surface area contributed by atoms with Crippen molar-refractivity contribution >= 4 is 125 Å². The third-order valence-corrected chi connectivity index (χ3v) is 11.9. The van der Waals surface area contributed by atoms with E-state index in [1.165, 1.54) is 34.0 Å². The molecule has 0 saturated carbocycles. The Kier molecular flexibility index (Phi) is 103.